The van der Waals surface area contributed by atoms with Crippen LogP contribution in [-0.2, 0) is 9.53 Å². The van der Waals surface area contributed by atoms with Crippen molar-refractivity contribution < 1.29 is 19.7 Å². The fourth-order valence-electron chi connectivity index (χ4n) is 2.04. The summed E-state index contributed by atoms with van der Waals surface area (Å²) in [5.74, 6) is -1.28. The monoisotopic (exact) mass is 300 g/mol. The van der Waals surface area contributed by atoms with Gasteiger partial charge in [-0.3, -0.25) is 4.79 Å². The number of halogens is 1. The molecule has 1 saturated heterocycles. The minimum Gasteiger partial charge on any atom is -0.387 e. The lowest BCUT2D eigenvalue weighted by Gasteiger charge is -2.37. The van der Waals surface area contributed by atoms with E-state index < -0.39 is 23.6 Å². The second-order valence-electron chi connectivity index (χ2n) is 4.41. The van der Waals surface area contributed by atoms with Crippen LogP contribution in [0.5, 0.6) is 0 Å². The number of carbonyl (C=O) groups is 1. The molecule has 1 heterocycles. The summed E-state index contributed by atoms with van der Waals surface area (Å²) in [6, 6.07) is 7.08. The highest BCUT2D eigenvalue weighted by molar-refractivity contribution is 9.10. The lowest BCUT2D eigenvalue weighted by Crippen LogP contribution is -2.51. The highest BCUT2D eigenvalue weighted by atomic mass is 79.9. The normalized spacial score (nSPS) is 33.8. The van der Waals surface area contributed by atoms with E-state index in [-0.39, 0.29) is 6.61 Å². The maximum Gasteiger partial charge on any atom is 0.216 e. The van der Waals surface area contributed by atoms with Gasteiger partial charge in [0.05, 0.1) is 18.1 Å². The van der Waals surface area contributed by atoms with E-state index in [0.29, 0.717) is 5.56 Å². The third-order valence-corrected chi connectivity index (χ3v) is 3.42. The lowest BCUT2D eigenvalue weighted by atomic mass is 9.79. The maximum atomic E-state index is 11.9. The molecular weight excluding hydrogens is 288 g/mol. The molecule has 2 rings (SSSR count). The fraction of sp³-hybridized carbons (Fsp3) is 0.417. The molecule has 0 bridgehead atoms. The van der Waals surface area contributed by atoms with Crippen molar-refractivity contribution in [3.63, 3.8) is 0 Å². The molecule has 1 aromatic carbocycles. The summed E-state index contributed by atoms with van der Waals surface area (Å²) in [5.41, 5.74) is -0.630. The summed E-state index contributed by atoms with van der Waals surface area (Å²) in [7, 11) is 0. The summed E-state index contributed by atoms with van der Waals surface area (Å²) in [6.07, 6.45) is -1.45. The fourth-order valence-corrected chi connectivity index (χ4v) is 2.31. The second kappa shape index (κ2) is 4.49. The van der Waals surface area contributed by atoms with Gasteiger partial charge in [0.1, 0.15) is 0 Å². The Morgan fingerprint density at radius 3 is 2.59 bits per heavy atom. The van der Waals surface area contributed by atoms with Crippen LogP contribution in [0.4, 0.5) is 0 Å². The van der Waals surface area contributed by atoms with Crippen molar-refractivity contribution in [2.45, 2.75) is 24.7 Å². The number of carbonyl (C=O) groups excluding carboxylic acids is 1. The third kappa shape index (κ3) is 2.42. The van der Waals surface area contributed by atoms with E-state index in [9.17, 15) is 15.0 Å². The van der Waals surface area contributed by atoms with Gasteiger partial charge in [-0.25, -0.2) is 0 Å². The number of hydrogen-bond donors (Lipinski definition) is 2. The molecule has 0 radical (unpaired) electrons. The van der Waals surface area contributed by atoms with Crippen LogP contribution in [0.1, 0.15) is 18.4 Å². The molecule has 0 aromatic heterocycles. The van der Waals surface area contributed by atoms with Crippen molar-refractivity contribution in [2.75, 3.05) is 6.61 Å². The van der Waals surface area contributed by atoms with E-state index in [2.05, 4.69) is 15.9 Å². The van der Waals surface area contributed by atoms with E-state index in [0.717, 1.165) is 4.47 Å². The number of aliphatic hydroxyl groups is 2. The topological polar surface area (TPSA) is 66.8 Å². The molecule has 5 heteroatoms. The molecule has 1 aliphatic heterocycles. The predicted molar refractivity (Wildman–Crippen MR) is 64.5 cm³/mol. The highest BCUT2D eigenvalue weighted by Crippen LogP contribution is 2.34. The largest absolute Gasteiger partial charge is 0.387 e. The minimum absolute atomic E-state index is 0.0688. The van der Waals surface area contributed by atoms with Gasteiger partial charge in [0.25, 0.3) is 0 Å². The molecule has 0 saturated carbocycles. The smallest absolute Gasteiger partial charge is 0.216 e. The molecule has 1 fully saturated rings. The van der Waals surface area contributed by atoms with Crippen molar-refractivity contribution in [1.82, 2.24) is 0 Å². The lowest BCUT2D eigenvalue weighted by molar-refractivity contribution is -0.197. The Kier molecular flexibility index (Phi) is 3.36. The predicted octanol–water partition coefficient (Wildman–Crippen LogP) is 1.20. The molecule has 17 heavy (non-hydrogen) atoms. The molecule has 1 aliphatic rings. The first-order valence-electron chi connectivity index (χ1n) is 5.23. The standard InChI is InChI=1S/C12H13BrO4/c1-12(16)6-17-11(15)10(14)9(12)7-2-4-8(13)5-3-7/h2-5,9,11,15-16H,6H2,1H3. The Labute approximate surface area is 107 Å². The molecule has 4 nitrogen and oxygen atoms in total. The zero-order valence-electron chi connectivity index (χ0n) is 9.26. The van der Waals surface area contributed by atoms with Gasteiger partial charge in [0, 0.05) is 4.47 Å². The molecule has 2 N–H and O–H groups in total. The summed E-state index contributed by atoms with van der Waals surface area (Å²) in [6.45, 7) is 1.46. The van der Waals surface area contributed by atoms with Crippen molar-refractivity contribution in [3.8, 4) is 0 Å². The van der Waals surface area contributed by atoms with Gasteiger partial charge in [-0.2, -0.15) is 0 Å². The minimum atomic E-state index is -1.45. The van der Waals surface area contributed by atoms with Crippen LogP contribution in [-0.4, -0.2) is 34.5 Å². The first-order valence-corrected chi connectivity index (χ1v) is 6.02. The van der Waals surface area contributed by atoms with Crippen LogP contribution >= 0.6 is 15.9 Å². The second-order valence-corrected chi connectivity index (χ2v) is 5.32. The van der Waals surface area contributed by atoms with Gasteiger partial charge in [-0.15, -0.1) is 0 Å². The Morgan fingerprint density at radius 2 is 2.00 bits per heavy atom. The van der Waals surface area contributed by atoms with Crippen molar-refractivity contribution in [1.29, 1.82) is 0 Å². The molecule has 0 spiro atoms. The van der Waals surface area contributed by atoms with E-state index in [4.69, 9.17) is 4.74 Å². The van der Waals surface area contributed by atoms with Crippen molar-refractivity contribution >= 4 is 21.7 Å². The summed E-state index contributed by atoms with van der Waals surface area (Å²) >= 11 is 3.30. The van der Waals surface area contributed by atoms with Gasteiger partial charge in [-0.05, 0) is 24.6 Å². The number of rotatable bonds is 1. The van der Waals surface area contributed by atoms with E-state index >= 15 is 0 Å². The average Bonchev–Trinajstić information content (AvgIpc) is 2.27. The van der Waals surface area contributed by atoms with Crippen LogP contribution in [0, 0.1) is 0 Å². The quantitative estimate of drug-likeness (QED) is 0.818. The maximum absolute atomic E-state index is 11.9. The van der Waals surface area contributed by atoms with E-state index in [1.54, 1.807) is 24.3 Å². The number of hydrogen-bond acceptors (Lipinski definition) is 4. The third-order valence-electron chi connectivity index (χ3n) is 2.89. The molecule has 0 amide bonds. The van der Waals surface area contributed by atoms with Gasteiger partial charge in [0.2, 0.25) is 6.29 Å². The molecule has 3 unspecified atom stereocenters. The van der Waals surface area contributed by atoms with Gasteiger partial charge in [0.15, 0.2) is 5.78 Å². The van der Waals surface area contributed by atoms with E-state index in [1.165, 1.54) is 6.92 Å². The molecule has 92 valence electrons. The first-order chi connectivity index (χ1) is 7.92. The Hall–Kier alpha value is -0.750. The van der Waals surface area contributed by atoms with Gasteiger partial charge < -0.3 is 14.9 Å². The molecule has 1 aromatic rings. The molecule has 3 atom stereocenters. The SMILES string of the molecule is CC1(O)COC(O)C(=O)C1c1ccc(Br)cc1. The van der Waals surface area contributed by atoms with E-state index in [1.807, 2.05) is 0 Å². The average molecular weight is 301 g/mol. The molecular formula is C12H13BrO4. The highest BCUT2D eigenvalue weighted by Gasteiger charge is 2.46. The van der Waals surface area contributed by atoms with Crippen LogP contribution in [0.15, 0.2) is 28.7 Å². The zero-order chi connectivity index (χ0) is 12.6. The Bertz CT molecular complexity index is 427. The van der Waals surface area contributed by atoms with Crippen molar-refractivity contribution in [2.24, 2.45) is 0 Å². The number of benzene rings is 1. The summed E-state index contributed by atoms with van der Waals surface area (Å²) < 4.78 is 5.72. The Morgan fingerprint density at radius 1 is 1.41 bits per heavy atom. The number of ether oxygens (including phenoxy) is 1. The van der Waals surface area contributed by atoms with Crippen LogP contribution in [0.3, 0.4) is 0 Å². The van der Waals surface area contributed by atoms with Crippen LogP contribution in [0.2, 0.25) is 0 Å². The summed E-state index contributed by atoms with van der Waals surface area (Å²) in [5, 5.41) is 19.6. The first kappa shape index (κ1) is 12.7. The zero-order valence-corrected chi connectivity index (χ0v) is 10.8. The molecule has 0 aliphatic carbocycles. The number of ketones is 1. The Balaban J connectivity index is 2.39. The van der Waals surface area contributed by atoms with Crippen LogP contribution in [0.25, 0.3) is 0 Å². The summed E-state index contributed by atoms with van der Waals surface area (Å²) in [4.78, 5) is 11.9. The number of Topliss-reactive ketones (excluding diaryl/α,β-unsaturated/α-hetero) is 1. The van der Waals surface area contributed by atoms with Gasteiger partial charge in [-0.1, -0.05) is 28.1 Å². The van der Waals surface area contributed by atoms with Gasteiger partial charge >= 0.3 is 0 Å². The van der Waals surface area contributed by atoms with Crippen molar-refractivity contribution in [3.05, 3.63) is 34.3 Å². The number of aliphatic hydroxyl groups excluding tert-OH is 1. The van der Waals surface area contributed by atoms with Crippen LogP contribution < -0.4 is 0 Å².